The van der Waals surface area contributed by atoms with Crippen molar-refractivity contribution in [3.63, 3.8) is 0 Å². The van der Waals surface area contributed by atoms with Gasteiger partial charge < -0.3 is 14.7 Å². The van der Waals surface area contributed by atoms with Gasteiger partial charge in [0.15, 0.2) is 0 Å². The van der Waals surface area contributed by atoms with Crippen LogP contribution in [0, 0.1) is 13.8 Å². The van der Waals surface area contributed by atoms with Gasteiger partial charge in [0.2, 0.25) is 0 Å². The molecule has 1 fully saturated rings. The molecule has 3 aromatic carbocycles. The third-order valence-corrected chi connectivity index (χ3v) is 7.29. The summed E-state index contributed by atoms with van der Waals surface area (Å²) in [7, 11) is 0. The Labute approximate surface area is 189 Å². The van der Waals surface area contributed by atoms with Crippen LogP contribution < -0.4 is 0 Å². The minimum atomic E-state index is -0.893. The number of amides is 1. The molecule has 4 nitrogen and oxygen atoms in total. The molecule has 4 heteroatoms. The first-order valence-corrected chi connectivity index (χ1v) is 11.4. The summed E-state index contributed by atoms with van der Waals surface area (Å²) in [6.07, 6.45) is 0.734. The van der Waals surface area contributed by atoms with Gasteiger partial charge in [-0.25, -0.2) is 4.79 Å². The van der Waals surface area contributed by atoms with Crippen molar-refractivity contribution in [2.24, 2.45) is 0 Å². The zero-order valence-electron chi connectivity index (χ0n) is 18.7. The Morgan fingerprint density at radius 2 is 1.53 bits per heavy atom. The zero-order valence-corrected chi connectivity index (χ0v) is 18.7. The fourth-order valence-corrected chi connectivity index (χ4v) is 5.27. The van der Waals surface area contributed by atoms with Crippen LogP contribution in [0.15, 0.2) is 66.7 Å². The van der Waals surface area contributed by atoms with E-state index in [-0.39, 0.29) is 12.0 Å². The molecule has 1 aliphatic carbocycles. The highest BCUT2D eigenvalue weighted by atomic mass is 16.6. The molecule has 3 aromatic rings. The van der Waals surface area contributed by atoms with E-state index in [1.54, 1.807) is 4.90 Å². The van der Waals surface area contributed by atoms with Gasteiger partial charge in [-0.15, -0.1) is 0 Å². The molecular weight excluding hydrogens is 398 g/mol. The second-order valence-electron chi connectivity index (χ2n) is 9.07. The van der Waals surface area contributed by atoms with Crippen LogP contribution >= 0.6 is 0 Å². The Morgan fingerprint density at radius 1 is 0.938 bits per heavy atom. The van der Waals surface area contributed by atoms with Crippen molar-refractivity contribution >= 4 is 6.09 Å². The van der Waals surface area contributed by atoms with Gasteiger partial charge in [0.25, 0.3) is 0 Å². The van der Waals surface area contributed by atoms with Gasteiger partial charge in [-0.3, -0.25) is 0 Å². The predicted octanol–water partition coefficient (Wildman–Crippen LogP) is 5.54. The van der Waals surface area contributed by atoms with E-state index in [2.05, 4.69) is 56.3 Å². The standard InChI is InChI=1S/C28H29NO3/c1-19-8-7-13-26(20(19)2)28(31)14-16-29(17-15-28)27(30)32-18-25-23-11-5-3-9-21(23)22-10-4-6-12-24(22)25/h3-13,25,31H,14-18H2,1-2H3. The van der Waals surface area contributed by atoms with Crippen molar-refractivity contribution in [3.8, 4) is 11.1 Å². The topological polar surface area (TPSA) is 49.8 Å². The zero-order chi connectivity index (χ0) is 22.3. The number of carbonyl (C=O) groups excluding carboxylic acids is 1. The number of carbonyl (C=O) groups is 1. The smallest absolute Gasteiger partial charge is 0.409 e. The quantitative estimate of drug-likeness (QED) is 0.597. The monoisotopic (exact) mass is 427 g/mol. The van der Waals surface area contributed by atoms with Crippen molar-refractivity contribution in [1.82, 2.24) is 4.90 Å². The molecule has 0 unspecified atom stereocenters. The van der Waals surface area contributed by atoms with E-state index < -0.39 is 5.60 Å². The van der Waals surface area contributed by atoms with E-state index in [1.165, 1.54) is 27.8 Å². The van der Waals surface area contributed by atoms with Gasteiger partial charge in [0.1, 0.15) is 6.61 Å². The van der Waals surface area contributed by atoms with Gasteiger partial charge in [0.05, 0.1) is 5.60 Å². The number of aryl methyl sites for hydroxylation is 1. The molecule has 1 N–H and O–H groups in total. The Bertz CT molecular complexity index is 1120. The average molecular weight is 428 g/mol. The van der Waals surface area contributed by atoms with E-state index in [4.69, 9.17) is 4.74 Å². The molecule has 0 atom stereocenters. The minimum Gasteiger partial charge on any atom is -0.448 e. The number of likely N-dealkylation sites (tertiary alicyclic amines) is 1. The number of fused-ring (bicyclic) bond motifs is 3. The van der Waals surface area contributed by atoms with E-state index in [0.29, 0.717) is 32.5 Å². The second kappa shape index (κ2) is 8.10. The Morgan fingerprint density at radius 3 is 2.16 bits per heavy atom. The molecule has 0 aromatic heterocycles. The lowest BCUT2D eigenvalue weighted by molar-refractivity contribution is -0.0254. The van der Waals surface area contributed by atoms with Crippen LogP contribution in [0.1, 0.15) is 46.6 Å². The second-order valence-corrected chi connectivity index (χ2v) is 9.07. The van der Waals surface area contributed by atoms with Crippen LogP contribution in [0.2, 0.25) is 0 Å². The molecule has 1 saturated heterocycles. The number of nitrogens with zero attached hydrogens (tertiary/aromatic N) is 1. The van der Waals surface area contributed by atoms with E-state index in [1.807, 2.05) is 24.3 Å². The molecular formula is C28H29NO3. The summed E-state index contributed by atoms with van der Waals surface area (Å²) >= 11 is 0. The first kappa shape index (κ1) is 20.8. The predicted molar refractivity (Wildman–Crippen MR) is 126 cm³/mol. The largest absolute Gasteiger partial charge is 0.448 e. The molecule has 164 valence electrons. The lowest BCUT2D eigenvalue weighted by Gasteiger charge is -2.39. The highest BCUT2D eigenvalue weighted by molar-refractivity contribution is 5.79. The van der Waals surface area contributed by atoms with Gasteiger partial charge in [0, 0.05) is 19.0 Å². The number of hydrogen-bond acceptors (Lipinski definition) is 3. The van der Waals surface area contributed by atoms with Crippen LogP contribution in [-0.2, 0) is 10.3 Å². The Kier molecular flexibility index (Phi) is 5.26. The summed E-state index contributed by atoms with van der Waals surface area (Å²) in [5.74, 6) is 0.0583. The van der Waals surface area contributed by atoms with Crippen LogP contribution in [-0.4, -0.2) is 35.8 Å². The molecule has 32 heavy (non-hydrogen) atoms. The molecule has 1 aliphatic heterocycles. The molecule has 0 bridgehead atoms. The fraction of sp³-hybridized carbons (Fsp3) is 0.321. The average Bonchev–Trinajstić information content (AvgIpc) is 3.13. The highest BCUT2D eigenvalue weighted by Gasteiger charge is 2.37. The van der Waals surface area contributed by atoms with Gasteiger partial charge in [-0.1, -0.05) is 66.7 Å². The minimum absolute atomic E-state index is 0.0583. The van der Waals surface area contributed by atoms with E-state index in [9.17, 15) is 9.90 Å². The van der Waals surface area contributed by atoms with Crippen molar-refractivity contribution in [3.05, 3.63) is 94.5 Å². The first-order valence-electron chi connectivity index (χ1n) is 11.4. The number of benzene rings is 3. The summed E-state index contributed by atoms with van der Waals surface area (Å²) in [5.41, 5.74) is 7.26. The SMILES string of the molecule is Cc1cccc(C2(O)CCN(C(=O)OCC3c4ccccc4-c4ccccc43)CC2)c1C. The first-order chi connectivity index (χ1) is 15.5. The molecule has 1 heterocycles. The summed E-state index contributed by atoms with van der Waals surface area (Å²) < 4.78 is 5.80. The lowest BCUT2D eigenvalue weighted by atomic mass is 9.81. The molecule has 1 amide bonds. The molecule has 0 spiro atoms. The number of rotatable bonds is 3. The van der Waals surface area contributed by atoms with Crippen molar-refractivity contribution in [2.45, 2.75) is 38.2 Å². The van der Waals surface area contributed by atoms with Crippen molar-refractivity contribution in [2.75, 3.05) is 19.7 Å². The molecule has 5 rings (SSSR count). The summed E-state index contributed by atoms with van der Waals surface area (Å²) in [5, 5.41) is 11.3. The van der Waals surface area contributed by atoms with Gasteiger partial charge in [-0.05, 0) is 65.6 Å². The van der Waals surface area contributed by atoms with E-state index in [0.717, 1.165) is 11.1 Å². The number of hydrogen-bond donors (Lipinski definition) is 1. The van der Waals surface area contributed by atoms with Crippen molar-refractivity contribution in [1.29, 1.82) is 0 Å². The maximum absolute atomic E-state index is 12.9. The number of ether oxygens (including phenoxy) is 1. The third kappa shape index (κ3) is 3.49. The van der Waals surface area contributed by atoms with E-state index >= 15 is 0 Å². The Hall–Kier alpha value is -3.11. The third-order valence-electron chi connectivity index (χ3n) is 7.29. The number of piperidine rings is 1. The molecule has 0 radical (unpaired) electrons. The van der Waals surface area contributed by atoms with Gasteiger partial charge in [-0.2, -0.15) is 0 Å². The van der Waals surface area contributed by atoms with Crippen LogP contribution in [0.25, 0.3) is 11.1 Å². The maximum atomic E-state index is 12.9. The van der Waals surface area contributed by atoms with Gasteiger partial charge >= 0.3 is 6.09 Å². The molecule has 2 aliphatic rings. The lowest BCUT2D eigenvalue weighted by Crippen LogP contribution is -2.45. The normalized spacial score (nSPS) is 17.0. The fourth-order valence-electron chi connectivity index (χ4n) is 5.27. The van der Waals surface area contributed by atoms with Crippen molar-refractivity contribution < 1.29 is 14.6 Å². The van der Waals surface area contributed by atoms with Crippen LogP contribution in [0.5, 0.6) is 0 Å². The number of aliphatic hydroxyl groups is 1. The summed E-state index contributed by atoms with van der Waals surface area (Å²) in [6, 6.07) is 22.8. The highest BCUT2D eigenvalue weighted by Crippen LogP contribution is 2.44. The van der Waals surface area contributed by atoms with Crippen LogP contribution in [0.3, 0.4) is 0 Å². The maximum Gasteiger partial charge on any atom is 0.409 e. The summed E-state index contributed by atoms with van der Waals surface area (Å²) in [4.78, 5) is 14.6. The Balaban J connectivity index is 1.25. The molecule has 0 saturated carbocycles. The van der Waals surface area contributed by atoms with Crippen LogP contribution in [0.4, 0.5) is 4.79 Å². The summed E-state index contributed by atoms with van der Waals surface area (Å²) in [6.45, 7) is 5.42.